The van der Waals surface area contributed by atoms with Crippen LogP contribution in [0.4, 0.5) is 16.8 Å². The van der Waals surface area contributed by atoms with Gasteiger partial charge in [0, 0.05) is 43.0 Å². The molecule has 0 amide bonds. The minimum absolute atomic E-state index is 0.728. The van der Waals surface area contributed by atoms with Gasteiger partial charge in [-0.15, -0.1) is 11.3 Å². The maximum Gasteiger partial charge on any atom is 0.189 e. The first-order valence-corrected chi connectivity index (χ1v) is 9.94. The molecule has 142 valence electrons. The van der Waals surface area contributed by atoms with Crippen molar-refractivity contribution in [1.29, 1.82) is 0 Å². The number of aromatic amines is 1. The van der Waals surface area contributed by atoms with Crippen molar-refractivity contribution < 1.29 is 0 Å². The molecule has 2 N–H and O–H groups in total. The van der Waals surface area contributed by atoms with Crippen LogP contribution in [0.15, 0.2) is 36.8 Å². The van der Waals surface area contributed by atoms with Gasteiger partial charge in [0.1, 0.15) is 17.5 Å². The summed E-state index contributed by atoms with van der Waals surface area (Å²) in [6.45, 7) is 3.58. The topological polar surface area (TPSA) is 87.5 Å². The van der Waals surface area contributed by atoms with Crippen molar-refractivity contribution >= 4 is 28.1 Å². The van der Waals surface area contributed by atoms with E-state index in [1.54, 1.807) is 11.3 Å². The third-order valence-electron chi connectivity index (χ3n) is 4.87. The Morgan fingerprint density at radius 1 is 1.29 bits per heavy atom. The molecule has 4 aromatic rings. The van der Waals surface area contributed by atoms with Crippen LogP contribution in [0, 0.1) is 6.92 Å². The molecule has 0 unspecified atom stereocenters. The largest absolute Gasteiger partial charge is 0.349 e. The summed E-state index contributed by atoms with van der Waals surface area (Å²) in [7, 11) is 2.02. The lowest BCUT2D eigenvalue weighted by atomic mass is 10.2. The molecule has 8 nitrogen and oxygen atoms in total. The lowest BCUT2D eigenvalue weighted by Gasteiger charge is -2.21. The Kier molecular flexibility index (Phi) is 4.09. The smallest absolute Gasteiger partial charge is 0.189 e. The maximum atomic E-state index is 4.86. The number of imidazole rings is 1. The summed E-state index contributed by atoms with van der Waals surface area (Å²) >= 11 is 1.68. The predicted octanol–water partition coefficient (Wildman–Crippen LogP) is 3.28. The number of H-pyrrole nitrogens is 1. The highest BCUT2D eigenvalue weighted by Crippen LogP contribution is 2.39. The number of hydrogen-bond acceptors (Lipinski definition) is 7. The summed E-state index contributed by atoms with van der Waals surface area (Å²) < 4.78 is 2.05. The van der Waals surface area contributed by atoms with Crippen LogP contribution in [0.25, 0.3) is 11.3 Å². The number of nitrogens with one attached hydrogen (secondary N) is 2. The molecule has 0 bridgehead atoms. The van der Waals surface area contributed by atoms with Crippen molar-refractivity contribution in [2.75, 3.05) is 16.8 Å². The predicted molar refractivity (Wildman–Crippen MR) is 110 cm³/mol. The van der Waals surface area contributed by atoms with Crippen LogP contribution in [0.5, 0.6) is 0 Å². The summed E-state index contributed by atoms with van der Waals surface area (Å²) in [6, 6.07) is 5.93. The highest BCUT2D eigenvalue weighted by atomic mass is 32.1. The zero-order valence-corrected chi connectivity index (χ0v) is 16.5. The highest BCUT2D eigenvalue weighted by Gasteiger charge is 2.26. The number of pyridine rings is 1. The number of thiazole rings is 1. The first-order chi connectivity index (χ1) is 13.7. The first kappa shape index (κ1) is 16.9. The summed E-state index contributed by atoms with van der Waals surface area (Å²) in [6.07, 6.45) is 6.58. The molecular weight excluding hydrogens is 372 g/mol. The zero-order valence-electron chi connectivity index (χ0n) is 15.7. The van der Waals surface area contributed by atoms with Crippen molar-refractivity contribution in [3.05, 3.63) is 53.2 Å². The van der Waals surface area contributed by atoms with Gasteiger partial charge < -0.3 is 14.8 Å². The number of hydrogen-bond donors (Lipinski definition) is 2. The van der Waals surface area contributed by atoms with Crippen LogP contribution >= 0.6 is 11.3 Å². The van der Waals surface area contributed by atoms with Gasteiger partial charge in [-0.05, 0) is 19.1 Å². The van der Waals surface area contributed by atoms with E-state index >= 15 is 0 Å². The Morgan fingerprint density at radius 2 is 2.21 bits per heavy atom. The minimum atomic E-state index is 0.728. The lowest BCUT2D eigenvalue weighted by Crippen LogP contribution is -2.26. The van der Waals surface area contributed by atoms with E-state index in [4.69, 9.17) is 4.98 Å². The molecule has 0 atom stereocenters. The van der Waals surface area contributed by atoms with Gasteiger partial charge in [-0.3, -0.25) is 5.10 Å². The molecule has 0 spiro atoms. The quantitative estimate of drug-likeness (QED) is 0.554. The fourth-order valence-corrected chi connectivity index (χ4v) is 4.40. The van der Waals surface area contributed by atoms with Gasteiger partial charge >= 0.3 is 0 Å². The summed E-state index contributed by atoms with van der Waals surface area (Å²) in [5.74, 6) is 2.83. The molecule has 9 heteroatoms. The van der Waals surface area contributed by atoms with Gasteiger partial charge in [-0.1, -0.05) is 6.07 Å². The van der Waals surface area contributed by atoms with E-state index in [9.17, 15) is 0 Å². The van der Waals surface area contributed by atoms with E-state index in [2.05, 4.69) is 30.4 Å². The second-order valence-electron chi connectivity index (χ2n) is 6.84. The molecule has 1 aliphatic rings. The molecule has 0 radical (unpaired) electrons. The number of rotatable bonds is 4. The van der Waals surface area contributed by atoms with Crippen molar-refractivity contribution in [2.45, 2.75) is 19.9 Å². The maximum absolute atomic E-state index is 4.86. The Balaban J connectivity index is 1.45. The average Bonchev–Trinajstić information content (AvgIpc) is 3.37. The van der Waals surface area contributed by atoms with Gasteiger partial charge in [0.15, 0.2) is 5.13 Å². The SMILES string of the molecule is Cc1cccc(Nc2nc3c(s2)CCN(Cc2nccn2C)c2[nH]ncc2-3)n1. The summed E-state index contributed by atoms with van der Waals surface area (Å²) in [5, 5.41) is 11.6. The van der Waals surface area contributed by atoms with Gasteiger partial charge in [-0.25, -0.2) is 15.0 Å². The molecule has 0 fully saturated rings. The third kappa shape index (κ3) is 3.03. The number of anilines is 3. The molecule has 28 heavy (non-hydrogen) atoms. The standard InChI is InChI=1S/C19H20N8S/c1-12-4-3-5-15(22-12)23-19-24-17-13-10-21-25-18(13)27(8-6-14(17)28-19)11-16-20-7-9-26(16)2/h3-5,7,9-10H,6,8,11H2,1-2H3,(H,21,25)(H,22,23,24). The molecule has 0 aliphatic carbocycles. The Hall–Kier alpha value is -3.20. The normalized spacial score (nSPS) is 13.1. The van der Waals surface area contributed by atoms with E-state index < -0.39 is 0 Å². The zero-order chi connectivity index (χ0) is 19.1. The highest BCUT2D eigenvalue weighted by molar-refractivity contribution is 7.16. The molecule has 0 saturated heterocycles. The number of fused-ring (bicyclic) bond motifs is 3. The number of aryl methyl sites for hydroxylation is 2. The van der Waals surface area contributed by atoms with Crippen LogP contribution < -0.4 is 10.2 Å². The van der Waals surface area contributed by atoms with Crippen molar-refractivity contribution in [2.24, 2.45) is 7.05 Å². The fourth-order valence-electron chi connectivity index (χ4n) is 3.43. The molecule has 1 aliphatic heterocycles. The fraction of sp³-hybridized carbons (Fsp3) is 0.263. The summed E-state index contributed by atoms with van der Waals surface area (Å²) in [5.41, 5.74) is 3.00. The Morgan fingerprint density at radius 3 is 3.04 bits per heavy atom. The third-order valence-corrected chi connectivity index (χ3v) is 5.90. The molecular formula is C19H20N8S. The van der Waals surface area contributed by atoms with E-state index in [0.717, 1.165) is 59.1 Å². The van der Waals surface area contributed by atoms with Crippen molar-refractivity contribution in [1.82, 2.24) is 29.7 Å². The van der Waals surface area contributed by atoms with E-state index in [0.29, 0.717) is 0 Å². The van der Waals surface area contributed by atoms with E-state index in [1.807, 2.05) is 55.3 Å². The Bertz CT molecular complexity index is 1120. The van der Waals surface area contributed by atoms with Crippen LogP contribution in [0.2, 0.25) is 0 Å². The first-order valence-electron chi connectivity index (χ1n) is 9.12. The van der Waals surface area contributed by atoms with E-state index in [-0.39, 0.29) is 0 Å². The summed E-state index contributed by atoms with van der Waals surface area (Å²) in [4.78, 5) is 17.4. The average molecular weight is 392 g/mol. The number of aromatic nitrogens is 6. The van der Waals surface area contributed by atoms with Crippen molar-refractivity contribution in [3.8, 4) is 11.3 Å². The Labute approximate surface area is 166 Å². The van der Waals surface area contributed by atoms with E-state index in [1.165, 1.54) is 4.88 Å². The molecule has 0 saturated carbocycles. The van der Waals surface area contributed by atoms with Gasteiger partial charge in [0.05, 0.1) is 24.0 Å². The molecule has 4 aromatic heterocycles. The lowest BCUT2D eigenvalue weighted by molar-refractivity contribution is 0.706. The van der Waals surface area contributed by atoms with Crippen LogP contribution in [-0.2, 0) is 20.0 Å². The monoisotopic (exact) mass is 392 g/mol. The van der Waals surface area contributed by atoms with Crippen molar-refractivity contribution in [3.63, 3.8) is 0 Å². The van der Waals surface area contributed by atoms with Crippen LogP contribution in [0.3, 0.4) is 0 Å². The second-order valence-corrected chi connectivity index (χ2v) is 7.92. The van der Waals surface area contributed by atoms with Crippen LogP contribution in [-0.4, -0.2) is 36.3 Å². The van der Waals surface area contributed by atoms with Gasteiger partial charge in [-0.2, -0.15) is 5.10 Å². The second kappa shape index (κ2) is 6.75. The molecule has 5 rings (SSSR count). The molecule has 0 aromatic carbocycles. The van der Waals surface area contributed by atoms with Gasteiger partial charge in [0.2, 0.25) is 0 Å². The molecule has 5 heterocycles. The number of nitrogens with zero attached hydrogens (tertiary/aromatic N) is 6. The van der Waals surface area contributed by atoms with Crippen LogP contribution in [0.1, 0.15) is 16.4 Å². The van der Waals surface area contributed by atoms with Gasteiger partial charge in [0.25, 0.3) is 0 Å². The minimum Gasteiger partial charge on any atom is -0.349 e.